The van der Waals surface area contributed by atoms with E-state index >= 15 is 0 Å². The van der Waals surface area contributed by atoms with Gasteiger partial charge in [-0.3, -0.25) is 4.79 Å². The Labute approximate surface area is 170 Å². The Morgan fingerprint density at radius 2 is 1.83 bits per heavy atom. The van der Waals surface area contributed by atoms with E-state index in [2.05, 4.69) is 5.32 Å². The molecule has 0 saturated carbocycles. The number of esters is 1. The first-order valence-electron chi connectivity index (χ1n) is 8.96. The van der Waals surface area contributed by atoms with Crippen LogP contribution in [0.5, 0.6) is 0 Å². The summed E-state index contributed by atoms with van der Waals surface area (Å²) in [5, 5.41) is 2.92. The summed E-state index contributed by atoms with van der Waals surface area (Å²) >= 11 is 0. The predicted octanol–water partition coefficient (Wildman–Crippen LogP) is 4.15. The van der Waals surface area contributed by atoms with Crippen molar-refractivity contribution < 1.29 is 27.5 Å². The number of rotatable bonds is 5. The first-order valence-corrected chi connectivity index (χ1v) is 8.96. The minimum atomic E-state index is -4.63. The van der Waals surface area contributed by atoms with Crippen molar-refractivity contribution in [2.24, 2.45) is 0 Å². The first kappa shape index (κ1) is 21.2. The van der Waals surface area contributed by atoms with Crippen molar-refractivity contribution in [1.29, 1.82) is 0 Å². The minimum absolute atomic E-state index is 0.271. The highest BCUT2D eigenvalue weighted by atomic mass is 19.4. The molecule has 0 radical (unpaired) electrons. The molecule has 9 heteroatoms. The number of benzene rings is 2. The summed E-state index contributed by atoms with van der Waals surface area (Å²) < 4.78 is 46.7. The summed E-state index contributed by atoms with van der Waals surface area (Å²) in [6.07, 6.45) is -3.18. The van der Waals surface area contributed by atoms with Gasteiger partial charge in [0, 0.05) is 36.9 Å². The summed E-state index contributed by atoms with van der Waals surface area (Å²) in [6.45, 7) is -0.274. The zero-order valence-corrected chi connectivity index (χ0v) is 16.6. The highest BCUT2D eigenvalue weighted by Crippen LogP contribution is 2.37. The largest absolute Gasteiger partial charge is 0.465 e. The van der Waals surface area contributed by atoms with Crippen LogP contribution in [0.25, 0.3) is 10.9 Å². The number of nitrogens with one attached hydrogen (secondary N) is 1. The first-order chi connectivity index (χ1) is 14.1. The fourth-order valence-electron chi connectivity index (χ4n) is 3.15. The number of carbonyl (C=O) groups is 2. The molecule has 3 aromatic rings. The number of aromatic nitrogens is 1. The molecular weight excluding hydrogens is 399 g/mol. The second kappa shape index (κ2) is 8.10. The molecular formula is C21H20F3N3O3. The Hall–Kier alpha value is -3.49. The molecule has 0 unspecified atom stereocenters. The number of methoxy groups -OCH3 is 1. The molecule has 0 bridgehead atoms. The topological polar surface area (TPSA) is 63.6 Å². The average Bonchev–Trinajstić information content (AvgIpc) is 3.05. The highest BCUT2D eigenvalue weighted by molar-refractivity contribution is 6.05. The molecule has 1 aromatic heterocycles. The van der Waals surface area contributed by atoms with Crippen molar-refractivity contribution in [3.63, 3.8) is 0 Å². The van der Waals surface area contributed by atoms with Crippen LogP contribution in [-0.4, -0.2) is 37.6 Å². The molecule has 158 valence electrons. The minimum Gasteiger partial charge on any atom is -0.465 e. The number of halogens is 3. The van der Waals surface area contributed by atoms with E-state index in [0.29, 0.717) is 16.6 Å². The third-order valence-electron chi connectivity index (χ3n) is 4.61. The molecule has 0 aliphatic heterocycles. The van der Waals surface area contributed by atoms with Crippen LogP contribution in [-0.2, 0) is 22.3 Å². The Morgan fingerprint density at radius 1 is 1.13 bits per heavy atom. The number of anilines is 2. The van der Waals surface area contributed by atoms with Crippen molar-refractivity contribution >= 4 is 34.2 Å². The molecule has 0 aliphatic carbocycles. The molecule has 30 heavy (non-hydrogen) atoms. The lowest BCUT2D eigenvalue weighted by Crippen LogP contribution is -2.21. The summed E-state index contributed by atoms with van der Waals surface area (Å²) in [5.41, 5.74) is -0.0452. The third-order valence-corrected chi connectivity index (χ3v) is 4.61. The van der Waals surface area contributed by atoms with Crippen LogP contribution in [0.4, 0.5) is 24.5 Å². The monoisotopic (exact) mass is 419 g/mol. The van der Waals surface area contributed by atoms with Crippen molar-refractivity contribution in [2.45, 2.75) is 12.7 Å². The number of hydrogen-bond acceptors (Lipinski definition) is 4. The number of alkyl halides is 3. The van der Waals surface area contributed by atoms with Gasteiger partial charge in [-0.1, -0.05) is 18.2 Å². The molecule has 0 fully saturated rings. The van der Waals surface area contributed by atoms with E-state index in [1.807, 2.05) is 0 Å². The number of carbonyl (C=O) groups excluding carboxylic acids is 2. The fourth-order valence-corrected chi connectivity index (χ4v) is 3.15. The fraction of sp³-hybridized carbons (Fsp3) is 0.238. The average molecular weight is 419 g/mol. The molecule has 2 aromatic carbocycles. The molecule has 0 aliphatic rings. The lowest BCUT2D eigenvalue weighted by atomic mass is 10.1. The van der Waals surface area contributed by atoms with E-state index in [9.17, 15) is 22.8 Å². The lowest BCUT2D eigenvalue weighted by Gasteiger charge is -2.19. The Bertz CT molecular complexity index is 1100. The van der Waals surface area contributed by atoms with Gasteiger partial charge in [0.2, 0.25) is 5.91 Å². The second-order valence-corrected chi connectivity index (χ2v) is 6.85. The third kappa shape index (κ3) is 4.24. The van der Waals surface area contributed by atoms with Gasteiger partial charge in [-0.05, 0) is 24.3 Å². The van der Waals surface area contributed by atoms with Crippen LogP contribution < -0.4 is 10.2 Å². The summed E-state index contributed by atoms with van der Waals surface area (Å²) in [4.78, 5) is 26.1. The van der Waals surface area contributed by atoms with Gasteiger partial charge in [-0.25, -0.2) is 4.79 Å². The molecule has 6 nitrogen and oxygen atoms in total. The molecule has 0 spiro atoms. The van der Waals surface area contributed by atoms with Gasteiger partial charge in [-0.15, -0.1) is 0 Å². The Kier molecular flexibility index (Phi) is 5.73. The normalized spacial score (nSPS) is 11.4. The number of fused-ring (bicyclic) bond motifs is 1. The van der Waals surface area contributed by atoms with Crippen molar-refractivity contribution in [1.82, 2.24) is 4.57 Å². The Morgan fingerprint density at radius 3 is 2.47 bits per heavy atom. The molecule has 0 atom stereocenters. The van der Waals surface area contributed by atoms with E-state index in [0.717, 1.165) is 6.07 Å². The highest BCUT2D eigenvalue weighted by Gasteiger charge is 2.34. The van der Waals surface area contributed by atoms with E-state index in [-0.39, 0.29) is 17.8 Å². The van der Waals surface area contributed by atoms with E-state index in [4.69, 9.17) is 4.74 Å². The van der Waals surface area contributed by atoms with Gasteiger partial charge >= 0.3 is 12.1 Å². The maximum absolute atomic E-state index is 13.5. The van der Waals surface area contributed by atoms with E-state index < -0.39 is 23.6 Å². The molecule has 1 heterocycles. The van der Waals surface area contributed by atoms with Crippen LogP contribution in [0.1, 0.15) is 15.9 Å². The van der Waals surface area contributed by atoms with E-state index in [1.54, 1.807) is 43.3 Å². The van der Waals surface area contributed by atoms with Crippen molar-refractivity contribution in [2.75, 3.05) is 31.4 Å². The zero-order valence-electron chi connectivity index (χ0n) is 16.6. The summed E-state index contributed by atoms with van der Waals surface area (Å²) in [7, 11) is 4.50. The maximum atomic E-state index is 13.5. The molecule has 3 rings (SSSR count). The van der Waals surface area contributed by atoms with Gasteiger partial charge in [0.25, 0.3) is 0 Å². The van der Waals surface area contributed by atoms with Gasteiger partial charge < -0.3 is 19.5 Å². The van der Waals surface area contributed by atoms with Gasteiger partial charge in [0.05, 0.1) is 23.9 Å². The van der Waals surface area contributed by atoms with Crippen LogP contribution in [0.2, 0.25) is 0 Å². The number of amides is 1. The van der Waals surface area contributed by atoms with Gasteiger partial charge in [-0.2, -0.15) is 13.2 Å². The predicted molar refractivity (Wildman–Crippen MR) is 108 cm³/mol. The SMILES string of the molecule is COC(=O)c1cn(CC(=O)Nc2ccc(N(C)C)cc2C(F)(F)F)c2ccccc12. The summed E-state index contributed by atoms with van der Waals surface area (Å²) in [6, 6.07) is 10.6. The smallest absolute Gasteiger partial charge is 0.418 e. The number of ether oxygens (including phenoxy) is 1. The van der Waals surface area contributed by atoms with Crippen molar-refractivity contribution in [3.8, 4) is 0 Å². The summed E-state index contributed by atoms with van der Waals surface area (Å²) in [5.74, 6) is -1.22. The standard InChI is InChI=1S/C21H20F3N3O3/c1-26(2)13-8-9-17(16(10-13)21(22,23)24)25-19(28)12-27-11-15(20(29)30-3)14-6-4-5-7-18(14)27/h4-11H,12H2,1-3H3,(H,25,28). The van der Waals surface area contributed by atoms with Crippen LogP contribution >= 0.6 is 0 Å². The Balaban J connectivity index is 1.91. The lowest BCUT2D eigenvalue weighted by molar-refractivity contribution is -0.136. The van der Waals surface area contributed by atoms with Crippen molar-refractivity contribution in [3.05, 3.63) is 59.8 Å². The van der Waals surface area contributed by atoms with Crippen LogP contribution in [0, 0.1) is 0 Å². The number of para-hydroxylation sites is 1. The van der Waals surface area contributed by atoms with Gasteiger partial charge in [0.1, 0.15) is 6.54 Å². The number of nitrogens with zero attached hydrogens (tertiary/aromatic N) is 2. The van der Waals surface area contributed by atoms with E-state index in [1.165, 1.54) is 30.0 Å². The maximum Gasteiger partial charge on any atom is 0.418 e. The molecule has 1 N–H and O–H groups in total. The second-order valence-electron chi connectivity index (χ2n) is 6.85. The van der Waals surface area contributed by atoms with Crippen LogP contribution in [0.3, 0.4) is 0 Å². The van der Waals surface area contributed by atoms with Gasteiger partial charge in [0.15, 0.2) is 0 Å². The molecule has 1 amide bonds. The number of hydrogen-bond donors (Lipinski definition) is 1. The zero-order chi connectivity index (χ0) is 22.1. The quantitative estimate of drug-likeness (QED) is 0.631. The van der Waals surface area contributed by atoms with Crippen LogP contribution in [0.15, 0.2) is 48.7 Å². The molecule has 0 saturated heterocycles.